The Hall–Kier alpha value is -1.53. The molecule has 1 atom stereocenters. The predicted molar refractivity (Wildman–Crippen MR) is 88.1 cm³/mol. The van der Waals surface area contributed by atoms with E-state index >= 15 is 0 Å². The summed E-state index contributed by atoms with van der Waals surface area (Å²) in [6, 6.07) is 7.49. The van der Waals surface area contributed by atoms with Crippen LogP contribution in [0.15, 0.2) is 41.3 Å². The Morgan fingerprint density at radius 2 is 2.27 bits per heavy atom. The van der Waals surface area contributed by atoms with Crippen LogP contribution in [0.4, 0.5) is 10.2 Å². The molecule has 1 saturated heterocycles. The molecule has 2 aromatic rings. The van der Waals surface area contributed by atoms with Gasteiger partial charge in [-0.3, -0.25) is 4.90 Å². The summed E-state index contributed by atoms with van der Waals surface area (Å²) in [6.45, 7) is 2.86. The molecule has 1 aliphatic heterocycles. The highest BCUT2D eigenvalue weighted by molar-refractivity contribution is 9.10. The molecule has 0 spiro atoms. The van der Waals surface area contributed by atoms with Crippen LogP contribution in [0.1, 0.15) is 18.4 Å². The minimum Gasteiger partial charge on any atom is -0.366 e. The van der Waals surface area contributed by atoms with Crippen molar-refractivity contribution >= 4 is 21.7 Å². The third-order valence-electron chi connectivity index (χ3n) is 3.83. The number of aromatic nitrogens is 2. The zero-order chi connectivity index (χ0) is 15.4. The highest BCUT2D eigenvalue weighted by atomic mass is 79.9. The lowest BCUT2D eigenvalue weighted by Gasteiger charge is -2.33. The topological polar surface area (TPSA) is 41.0 Å². The van der Waals surface area contributed by atoms with Crippen LogP contribution in [0.3, 0.4) is 0 Å². The number of halogens is 2. The highest BCUT2D eigenvalue weighted by Gasteiger charge is 2.20. The Morgan fingerprint density at radius 3 is 3.05 bits per heavy atom. The van der Waals surface area contributed by atoms with Crippen LogP contribution in [0.5, 0.6) is 0 Å². The molecule has 2 heterocycles. The van der Waals surface area contributed by atoms with Gasteiger partial charge in [0.25, 0.3) is 0 Å². The van der Waals surface area contributed by atoms with Gasteiger partial charge in [-0.1, -0.05) is 6.07 Å². The molecule has 116 valence electrons. The maximum absolute atomic E-state index is 13.3. The van der Waals surface area contributed by atoms with Crippen molar-refractivity contribution in [1.82, 2.24) is 14.9 Å². The molecule has 22 heavy (non-hydrogen) atoms. The molecule has 4 nitrogen and oxygen atoms in total. The molecule has 1 aromatic carbocycles. The van der Waals surface area contributed by atoms with E-state index in [0.29, 0.717) is 10.5 Å². The molecule has 1 aliphatic rings. The average molecular weight is 365 g/mol. The van der Waals surface area contributed by atoms with E-state index in [1.165, 1.54) is 6.07 Å². The first-order chi connectivity index (χ1) is 10.7. The molecule has 1 N–H and O–H groups in total. The molecule has 0 bridgehead atoms. The Kier molecular flexibility index (Phi) is 5.00. The lowest BCUT2D eigenvalue weighted by Crippen LogP contribution is -2.41. The third kappa shape index (κ3) is 4.01. The Bertz CT molecular complexity index is 623. The van der Waals surface area contributed by atoms with Gasteiger partial charge in [-0.05, 0) is 59.1 Å². The number of nitrogens with one attached hydrogen (secondary N) is 1. The summed E-state index contributed by atoms with van der Waals surface area (Å²) in [5.41, 5.74) is 1.12. The zero-order valence-electron chi connectivity index (χ0n) is 12.2. The summed E-state index contributed by atoms with van der Waals surface area (Å²) in [4.78, 5) is 10.5. The van der Waals surface area contributed by atoms with Gasteiger partial charge < -0.3 is 5.32 Å². The Labute approximate surface area is 137 Å². The smallest absolute Gasteiger partial charge is 0.137 e. The minimum absolute atomic E-state index is 0.217. The summed E-state index contributed by atoms with van der Waals surface area (Å²) < 4.78 is 13.8. The largest absolute Gasteiger partial charge is 0.366 e. The fraction of sp³-hybridized carbons (Fsp3) is 0.375. The number of benzene rings is 1. The fourth-order valence-electron chi connectivity index (χ4n) is 2.80. The van der Waals surface area contributed by atoms with Gasteiger partial charge in [-0.25, -0.2) is 14.4 Å². The number of hydrogen-bond donors (Lipinski definition) is 1. The molecule has 1 aromatic heterocycles. The van der Waals surface area contributed by atoms with Crippen LogP contribution in [0, 0.1) is 5.82 Å². The van der Waals surface area contributed by atoms with Crippen LogP contribution >= 0.6 is 15.9 Å². The standard InChI is InChI=1S/C16H18BrFN4/c17-14-8-12(3-4-15(14)18)9-22-7-1-2-13(10-22)21-16-5-6-19-11-20-16/h3-6,8,11,13H,1-2,7,9-10H2,(H,19,20,21). The normalized spacial score (nSPS) is 19.1. The molecule has 0 amide bonds. The van der Waals surface area contributed by atoms with Crippen molar-refractivity contribution in [1.29, 1.82) is 0 Å². The molecule has 0 saturated carbocycles. The second-order valence-electron chi connectivity index (χ2n) is 5.56. The van der Waals surface area contributed by atoms with E-state index < -0.39 is 0 Å². The Morgan fingerprint density at radius 1 is 1.36 bits per heavy atom. The second kappa shape index (κ2) is 7.15. The molecular formula is C16H18BrFN4. The van der Waals surface area contributed by atoms with E-state index in [1.54, 1.807) is 12.5 Å². The van der Waals surface area contributed by atoms with Gasteiger partial charge in [0.15, 0.2) is 0 Å². The quantitative estimate of drug-likeness (QED) is 0.901. The molecule has 6 heteroatoms. The monoisotopic (exact) mass is 364 g/mol. The second-order valence-corrected chi connectivity index (χ2v) is 6.42. The number of hydrogen-bond acceptors (Lipinski definition) is 4. The van der Waals surface area contributed by atoms with Crippen molar-refractivity contribution in [2.45, 2.75) is 25.4 Å². The first-order valence-electron chi connectivity index (χ1n) is 7.39. The first-order valence-corrected chi connectivity index (χ1v) is 8.19. The highest BCUT2D eigenvalue weighted by Crippen LogP contribution is 2.20. The van der Waals surface area contributed by atoms with E-state index in [1.807, 2.05) is 18.2 Å². The maximum Gasteiger partial charge on any atom is 0.137 e. The van der Waals surface area contributed by atoms with Crippen LogP contribution < -0.4 is 5.32 Å². The van der Waals surface area contributed by atoms with Crippen molar-refractivity contribution in [2.24, 2.45) is 0 Å². The number of likely N-dealkylation sites (tertiary alicyclic amines) is 1. The SMILES string of the molecule is Fc1ccc(CN2CCCC(Nc3ccncn3)C2)cc1Br. The zero-order valence-corrected chi connectivity index (χ0v) is 13.8. The van der Waals surface area contributed by atoms with Crippen LogP contribution in [0.2, 0.25) is 0 Å². The molecule has 1 fully saturated rings. The van der Waals surface area contributed by atoms with E-state index in [0.717, 1.165) is 43.9 Å². The van der Waals surface area contributed by atoms with Crippen LogP contribution in [0.25, 0.3) is 0 Å². The lowest BCUT2D eigenvalue weighted by atomic mass is 10.0. The average Bonchev–Trinajstić information content (AvgIpc) is 2.52. The van der Waals surface area contributed by atoms with Gasteiger partial charge in [0.05, 0.1) is 4.47 Å². The summed E-state index contributed by atoms with van der Waals surface area (Å²) in [5.74, 6) is 0.650. The van der Waals surface area contributed by atoms with Gasteiger partial charge >= 0.3 is 0 Å². The number of anilines is 1. The van der Waals surface area contributed by atoms with Gasteiger partial charge in [-0.2, -0.15) is 0 Å². The van der Waals surface area contributed by atoms with Crippen molar-refractivity contribution in [3.8, 4) is 0 Å². The predicted octanol–water partition coefficient (Wildman–Crippen LogP) is 3.45. The molecule has 0 radical (unpaired) electrons. The Balaban J connectivity index is 1.59. The van der Waals surface area contributed by atoms with Gasteiger partial charge in [0.2, 0.25) is 0 Å². The van der Waals surface area contributed by atoms with E-state index in [4.69, 9.17) is 0 Å². The summed E-state index contributed by atoms with van der Waals surface area (Å²) in [5, 5.41) is 3.46. The van der Waals surface area contributed by atoms with Gasteiger partial charge in [-0.15, -0.1) is 0 Å². The van der Waals surface area contributed by atoms with Crippen LogP contribution in [-0.2, 0) is 6.54 Å². The summed E-state index contributed by atoms with van der Waals surface area (Å²) in [6.07, 6.45) is 5.57. The molecule has 0 aliphatic carbocycles. The first kappa shape index (κ1) is 15.4. The number of rotatable bonds is 4. The molecular weight excluding hydrogens is 347 g/mol. The van der Waals surface area contributed by atoms with Crippen molar-refractivity contribution < 1.29 is 4.39 Å². The van der Waals surface area contributed by atoms with Crippen LogP contribution in [-0.4, -0.2) is 34.0 Å². The van der Waals surface area contributed by atoms with Crippen molar-refractivity contribution in [2.75, 3.05) is 18.4 Å². The van der Waals surface area contributed by atoms with Gasteiger partial charge in [0.1, 0.15) is 18.0 Å². The molecule has 3 rings (SSSR count). The van der Waals surface area contributed by atoms with E-state index in [2.05, 4.69) is 36.1 Å². The minimum atomic E-state index is -0.217. The summed E-state index contributed by atoms with van der Waals surface area (Å²) in [7, 11) is 0. The summed E-state index contributed by atoms with van der Waals surface area (Å²) >= 11 is 3.25. The number of piperidine rings is 1. The van der Waals surface area contributed by atoms with E-state index in [-0.39, 0.29) is 5.82 Å². The van der Waals surface area contributed by atoms with Crippen molar-refractivity contribution in [3.05, 3.63) is 52.6 Å². The van der Waals surface area contributed by atoms with E-state index in [9.17, 15) is 4.39 Å². The third-order valence-corrected chi connectivity index (χ3v) is 4.44. The molecule has 1 unspecified atom stereocenters. The number of nitrogens with zero attached hydrogens (tertiary/aromatic N) is 3. The van der Waals surface area contributed by atoms with Crippen molar-refractivity contribution in [3.63, 3.8) is 0 Å². The fourth-order valence-corrected chi connectivity index (χ4v) is 3.22. The maximum atomic E-state index is 13.3. The van der Waals surface area contributed by atoms with Gasteiger partial charge in [0, 0.05) is 25.3 Å². The lowest BCUT2D eigenvalue weighted by molar-refractivity contribution is 0.208.